The number of rotatable bonds is 5. The molecule has 2 rings (SSSR count). The van der Waals surface area contributed by atoms with Gasteiger partial charge in [0, 0.05) is 5.69 Å². The highest BCUT2D eigenvalue weighted by atomic mass is 35.5. The van der Waals surface area contributed by atoms with Crippen LogP contribution in [0, 0.1) is 19.7 Å². The summed E-state index contributed by atoms with van der Waals surface area (Å²) in [4.78, 5) is 0. The van der Waals surface area contributed by atoms with E-state index in [1.807, 2.05) is 25.1 Å². The van der Waals surface area contributed by atoms with Crippen molar-refractivity contribution >= 4 is 34.6 Å². The summed E-state index contributed by atoms with van der Waals surface area (Å²) in [5, 5.41) is 6.56. The Morgan fingerprint density at radius 1 is 1.21 bits per heavy atom. The highest BCUT2D eigenvalue weighted by molar-refractivity contribution is 7.80. The zero-order chi connectivity index (χ0) is 17.7. The van der Waals surface area contributed by atoms with E-state index in [1.165, 1.54) is 23.3 Å². The first-order chi connectivity index (χ1) is 11.3. The molecule has 0 amide bonds. The summed E-state index contributed by atoms with van der Waals surface area (Å²) in [5.74, 6) is 0.368. The quantitative estimate of drug-likeness (QED) is 0.741. The van der Waals surface area contributed by atoms with Crippen LogP contribution in [0.15, 0.2) is 36.4 Å². The van der Waals surface area contributed by atoms with E-state index < -0.39 is 5.82 Å². The fraction of sp³-hybridized carbons (Fsp3) is 0.278. The third-order valence-electron chi connectivity index (χ3n) is 3.53. The second kappa shape index (κ2) is 8.31. The summed E-state index contributed by atoms with van der Waals surface area (Å²) in [6.45, 7) is 6.55. The number of anilines is 1. The van der Waals surface area contributed by atoms with Gasteiger partial charge in [-0.25, -0.2) is 4.39 Å². The van der Waals surface area contributed by atoms with Crippen LogP contribution >= 0.6 is 23.8 Å². The van der Waals surface area contributed by atoms with Gasteiger partial charge in [-0.1, -0.05) is 17.7 Å². The minimum Gasteiger partial charge on any atom is -0.491 e. The van der Waals surface area contributed by atoms with Gasteiger partial charge < -0.3 is 15.4 Å². The predicted octanol–water partition coefficient (Wildman–Crippen LogP) is 4.85. The van der Waals surface area contributed by atoms with E-state index in [0.717, 1.165) is 5.75 Å². The van der Waals surface area contributed by atoms with E-state index >= 15 is 0 Å². The Bertz CT molecular complexity index is 739. The molecule has 2 aromatic carbocycles. The van der Waals surface area contributed by atoms with Gasteiger partial charge in [-0.3, -0.25) is 0 Å². The molecule has 0 bridgehead atoms. The topological polar surface area (TPSA) is 33.3 Å². The van der Waals surface area contributed by atoms with E-state index in [-0.39, 0.29) is 11.1 Å². The van der Waals surface area contributed by atoms with Crippen LogP contribution in [0.25, 0.3) is 0 Å². The maximum absolute atomic E-state index is 13.1. The van der Waals surface area contributed by atoms with E-state index in [2.05, 4.69) is 24.5 Å². The van der Waals surface area contributed by atoms with Crippen molar-refractivity contribution in [2.45, 2.75) is 26.8 Å². The van der Waals surface area contributed by atoms with Crippen LogP contribution < -0.4 is 15.4 Å². The van der Waals surface area contributed by atoms with Crippen LogP contribution in [-0.4, -0.2) is 17.8 Å². The number of nitrogens with one attached hydrogen (secondary N) is 2. The average molecular weight is 367 g/mol. The highest BCUT2D eigenvalue weighted by Gasteiger charge is 2.07. The van der Waals surface area contributed by atoms with Crippen molar-refractivity contribution in [3.8, 4) is 5.75 Å². The molecule has 1 atom stereocenters. The van der Waals surface area contributed by atoms with Crippen molar-refractivity contribution in [1.29, 1.82) is 0 Å². The lowest BCUT2D eigenvalue weighted by Gasteiger charge is -2.18. The number of halogens is 2. The number of ether oxygens (including phenoxy) is 1. The maximum atomic E-state index is 13.1. The Morgan fingerprint density at radius 3 is 2.62 bits per heavy atom. The van der Waals surface area contributed by atoms with Gasteiger partial charge in [0.1, 0.15) is 18.2 Å². The molecule has 0 aliphatic carbocycles. The maximum Gasteiger partial charge on any atom is 0.171 e. The number of hydrogen-bond donors (Lipinski definition) is 2. The van der Waals surface area contributed by atoms with Gasteiger partial charge in [-0.15, -0.1) is 0 Å². The minimum absolute atomic E-state index is 0.00234. The van der Waals surface area contributed by atoms with Crippen molar-refractivity contribution in [3.63, 3.8) is 0 Å². The van der Waals surface area contributed by atoms with Crippen LogP contribution in [0.3, 0.4) is 0 Å². The molecule has 6 heteroatoms. The SMILES string of the molecule is Cc1ccc(OCC(C)NC(=S)Nc2ccc(F)c(Cl)c2)cc1C. The third kappa shape index (κ3) is 5.35. The Hall–Kier alpha value is -1.85. The average Bonchev–Trinajstić information content (AvgIpc) is 2.52. The number of hydrogen-bond acceptors (Lipinski definition) is 2. The molecular formula is C18H20ClFN2OS. The molecule has 0 saturated carbocycles. The molecule has 0 aliphatic heterocycles. The lowest BCUT2D eigenvalue weighted by Crippen LogP contribution is -2.39. The fourth-order valence-corrected chi connectivity index (χ4v) is 2.53. The first-order valence-electron chi connectivity index (χ1n) is 7.58. The second-order valence-electron chi connectivity index (χ2n) is 5.69. The smallest absolute Gasteiger partial charge is 0.171 e. The largest absolute Gasteiger partial charge is 0.491 e. The molecule has 2 aromatic rings. The van der Waals surface area contributed by atoms with Gasteiger partial charge >= 0.3 is 0 Å². The van der Waals surface area contributed by atoms with E-state index in [1.54, 1.807) is 6.07 Å². The monoisotopic (exact) mass is 366 g/mol. The first kappa shape index (κ1) is 18.5. The van der Waals surface area contributed by atoms with Crippen molar-refractivity contribution in [2.75, 3.05) is 11.9 Å². The van der Waals surface area contributed by atoms with Crippen LogP contribution in [0.4, 0.5) is 10.1 Å². The minimum atomic E-state index is -0.462. The van der Waals surface area contributed by atoms with Gasteiger partial charge in [0.25, 0.3) is 0 Å². The Labute approximate surface area is 152 Å². The molecule has 0 aromatic heterocycles. The van der Waals surface area contributed by atoms with E-state index in [0.29, 0.717) is 17.4 Å². The number of thiocarbonyl (C=S) groups is 1. The summed E-state index contributed by atoms with van der Waals surface area (Å²) >= 11 is 11.0. The van der Waals surface area contributed by atoms with E-state index in [9.17, 15) is 4.39 Å². The Morgan fingerprint density at radius 2 is 1.96 bits per heavy atom. The molecule has 0 heterocycles. The predicted molar refractivity (Wildman–Crippen MR) is 102 cm³/mol. The zero-order valence-electron chi connectivity index (χ0n) is 13.8. The third-order valence-corrected chi connectivity index (χ3v) is 4.04. The summed E-state index contributed by atoms with van der Waals surface area (Å²) in [7, 11) is 0. The van der Waals surface area contributed by atoms with Crippen LogP contribution in [0.2, 0.25) is 5.02 Å². The number of benzene rings is 2. The van der Waals surface area contributed by atoms with Crippen molar-refractivity contribution in [2.24, 2.45) is 0 Å². The van der Waals surface area contributed by atoms with Crippen molar-refractivity contribution in [1.82, 2.24) is 5.32 Å². The molecular weight excluding hydrogens is 347 g/mol. The number of aryl methyl sites for hydroxylation is 2. The van der Waals surface area contributed by atoms with Crippen LogP contribution in [-0.2, 0) is 0 Å². The fourth-order valence-electron chi connectivity index (χ4n) is 2.03. The first-order valence-corrected chi connectivity index (χ1v) is 8.36. The Kier molecular flexibility index (Phi) is 6.40. The molecule has 0 aliphatic rings. The van der Waals surface area contributed by atoms with Gasteiger partial charge in [0.15, 0.2) is 5.11 Å². The lowest BCUT2D eigenvalue weighted by molar-refractivity contribution is 0.287. The van der Waals surface area contributed by atoms with Gasteiger partial charge in [-0.2, -0.15) is 0 Å². The molecule has 0 radical (unpaired) electrons. The zero-order valence-corrected chi connectivity index (χ0v) is 15.4. The molecule has 0 fully saturated rings. The molecule has 24 heavy (non-hydrogen) atoms. The Balaban J connectivity index is 1.82. The molecule has 0 spiro atoms. The standard InChI is InChI=1S/C18H20ClFN2OS/c1-11-4-6-15(8-12(11)2)23-10-13(3)21-18(24)22-14-5-7-17(20)16(19)9-14/h4-9,13H,10H2,1-3H3,(H2,21,22,24). The summed E-state index contributed by atoms with van der Waals surface area (Å²) < 4.78 is 18.9. The molecule has 0 saturated heterocycles. The molecule has 3 nitrogen and oxygen atoms in total. The van der Waals surface area contributed by atoms with Crippen LogP contribution in [0.1, 0.15) is 18.1 Å². The molecule has 1 unspecified atom stereocenters. The summed E-state index contributed by atoms with van der Waals surface area (Å²) in [5.41, 5.74) is 3.05. The molecule has 2 N–H and O–H groups in total. The van der Waals surface area contributed by atoms with Crippen LogP contribution in [0.5, 0.6) is 5.75 Å². The van der Waals surface area contributed by atoms with Crippen molar-refractivity contribution in [3.05, 3.63) is 58.4 Å². The normalized spacial score (nSPS) is 11.7. The lowest BCUT2D eigenvalue weighted by atomic mass is 10.1. The summed E-state index contributed by atoms with van der Waals surface area (Å²) in [6, 6.07) is 10.4. The van der Waals surface area contributed by atoms with E-state index in [4.69, 9.17) is 28.6 Å². The van der Waals surface area contributed by atoms with Gasteiger partial charge in [0.2, 0.25) is 0 Å². The second-order valence-corrected chi connectivity index (χ2v) is 6.50. The molecule has 128 valence electrons. The highest BCUT2D eigenvalue weighted by Crippen LogP contribution is 2.19. The van der Waals surface area contributed by atoms with Crippen molar-refractivity contribution < 1.29 is 9.13 Å². The summed E-state index contributed by atoms with van der Waals surface area (Å²) in [6.07, 6.45) is 0. The van der Waals surface area contributed by atoms with Gasteiger partial charge in [0.05, 0.1) is 11.1 Å². The van der Waals surface area contributed by atoms with Gasteiger partial charge in [-0.05, 0) is 74.4 Å².